The van der Waals surface area contributed by atoms with Crippen LogP contribution in [0.5, 0.6) is 0 Å². The number of rotatable bonds is 0. The molecule has 2 heteroatoms. The molecule has 0 spiro atoms. The molecule has 1 aliphatic heterocycles. The largest absolute Gasteiger partial charge is 0.376 e. The molecule has 0 aromatic rings. The first-order valence-electron chi connectivity index (χ1n) is 3.35. The fraction of sp³-hybridized carbons (Fsp3) is 0.714. The zero-order valence-corrected chi connectivity index (χ0v) is 6.15. The highest BCUT2D eigenvalue weighted by molar-refractivity contribution is 5.04. The van der Waals surface area contributed by atoms with E-state index in [1.54, 1.807) is 0 Å². The fourth-order valence-corrected chi connectivity index (χ4v) is 1.04. The van der Waals surface area contributed by atoms with Crippen molar-refractivity contribution in [3.05, 3.63) is 12.3 Å². The summed E-state index contributed by atoms with van der Waals surface area (Å²) < 4.78 is 0. The van der Waals surface area contributed by atoms with Gasteiger partial charge in [0, 0.05) is 31.9 Å². The van der Waals surface area contributed by atoms with Gasteiger partial charge in [-0.2, -0.15) is 0 Å². The van der Waals surface area contributed by atoms with Gasteiger partial charge in [-0.25, -0.2) is 0 Å². The number of piperazine rings is 1. The van der Waals surface area contributed by atoms with Crippen molar-refractivity contribution in [3.63, 3.8) is 0 Å². The molecule has 9 heavy (non-hydrogen) atoms. The highest BCUT2D eigenvalue weighted by Crippen LogP contribution is 2.06. The standard InChI is InChI=1S/C7H14N2/c1-6-7(2)9(3)5-4-8-6/h6,8H,2,4-5H2,1,3H3. The third kappa shape index (κ3) is 1.24. The first-order chi connectivity index (χ1) is 4.22. The van der Waals surface area contributed by atoms with Gasteiger partial charge in [0.1, 0.15) is 0 Å². The Labute approximate surface area is 56.5 Å². The van der Waals surface area contributed by atoms with Gasteiger partial charge in [-0.05, 0) is 6.92 Å². The van der Waals surface area contributed by atoms with Crippen LogP contribution < -0.4 is 5.32 Å². The predicted molar refractivity (Wildman–Crippen MR) is 39.2 cm³/mol. The summed E-state index contributed by atoms with van der Waals surface area (Å²) in [6, 6.07) is 0.462. The summed E-state index contributed by atoms with van der Waals surface area (Å²) in [6.07, 6.45) is 0. The SMILES string of the molecule is C=C1C(C)NCCN1C. The molecule has 1 unspecified atom stereocenters. The summed E-state index contributed by atoms with van der Waals surface area (Å²) in [7, 11) is 2.08. The van der Waals surface area contributed by atoms with Crippen LogP contribution in [0.25, 0.3) is 0 Å². The van der Waals surface area contributed by atoms with Gasteiger partial charge in [-0.15, -0.1) is 0 Å². The Morgan fingerprint density at radius 1 is 1.78 bits per heavy atom. The van der Waals surface area contributed by atoms with Crippen LogP contribution in [0, 0.1) is 0 Å². The first-order valence-corrected chi connectivity index (χ1v) is 3.35. The zero-order valence-electron chi connectivity index (χ0n) is 6.15. The van der Waals surface area contributed by atoms with Crippen molar-refractivity contribution in [2.24, 2.45) is 0 Å². The van der Waals surface area contributed by atoms with E-state index in [4.69, 9.17) is 0 Å². The fourth-order valence-electron chi connectivity index (χ4n) is 1.04. The van der Waals surface area contributed by atoms with Gasteiger partial charge in [0.05, 0.1) is 0 Å². The number of nitrogens with zero attached hydrogens (tertiary/aromatic N) is 1. The molecule has 2 nitrogen and oxygen atoms in total. The second-order valence-corrected chi connectivity index (χ2v) is 2.59. The van der Waals surface area contributed by atoms with E-state index in [1.165, 1.54) is 5.70 Å². The van der Waals surface area contributed by atoms with Crippen LogP contribution in [0.15, 0.2) is 12.3 Å². The first kappa shape index (κ1) is 6.62. The number of nitrogens with one attached hydrogen (secondary N) is 1. The lowest BCUT2D eigenvalue weighted by molar-refractivity contribution is 0.319. The van der Waals surface area contributed by atoms with Crippen molar-refractivity contribution in [1.29, 1.82) is 0 Å². The van der Waals surface area contributed by atoms with E-state index in [9.17, 15) is 0 Å². The van der Waals surface area contributed by atoms with E-state index in [2.05, 4.69) is 30.8 Å². The maximum atomic E-state index is 3.94. The van der Waals surface area contributed by atoms with Gasteiger partial charge < -0.3 is 10.2 Å². The molecule has 1 atom stereocenters. The molecule has 0 aromatic carbocycles. The zero-order chi connectivity index (χ0) is 6.85. The third-order valence-corrected chi connectivity index (χ3v) is 1.89. The monoisotopic (exact) mass is 126 g/mol. The van der Waals surface area contributed by atoms with Crippen LogP contribution in [0.1, 0.15) is 6.92 Å². The van der Waals surface area contributed by atoms with Crippen LogP contribution in [0.3, 0.4) is 0 Å². The van der Waals surface area contributed by atoms with Gasteiger partial charge in [-0.1, -0.05) is 6.58 Å². The van der Waals surface area contributed by atoms with Crippen molar-refractivity contribution in [2.45, 2.75) is 13.0 Å². The molecule has 0 bridgehead atoms. The van der Waals surface area contributed by atoms with Gasteiger partial charge in [-0.3, -0.25) is 0 Å². The van der Waals surface area contributed by atoms with Crippen LogP contribution in [-0.4, -0.2) is 31.1 Å². The van der Waals surface area contributed by atoms with Crippen molar-refractivity contribution < 1.29 is 0 Å². The van der Waals surface area contributed by atoms with Crippen molar-refractivity contribution in [1.82, 2.24) is 10.2 Å². The Kier molecular flexibility index (Phi) is 1.76. The van der Waals surface area contributed by atoms with Crippen molar-refractivity contribution in [2.75, 3.05) is 20.1 Å². The summed E-state index contributed by atoms with van der Waals surface area (Å²) in [6.45, 7) is 8.24. The lowest BCUT2D eigenvalue weighted by Gasteiger charge is -2.32. The van der Waals surface area contributed by atoms with Gasteiger partial charge >= 0.3 is 0 Å². The Morgan fingerprint density at radius 3 is 2.89 bits per heavy atom. The second kappa shape index (κ2) is 2.40. The summed E-state index contributed by atoms with van der Waals surface area (Å²) in [5.74, 6) is 0. The van der Waals surface area contributed by atoms with Gasteiger partial charge in [0.25, 0.3) is 0 Å². The summed E-state index contributed by atoms with van der Waals surface area (Å²) in [5, 5.41) is 3.32. The van der Waals surface area contributed by atoms with Crippen molar-refractivity contribution >= 4 is 0 Å². The Hall–Kier alpha value is -0.500. The Balaban J connectivity index is 2.52. The molecule has 1 fully saturated rings. The molecule has 1 N–H and O–H groups in total. The van der Waals surface area contributed by atoms with E-state index in [0.29, 0.717) is 6.04 Å². The highest BCUT2D eigenvalue weighted by atomic mass is 15.2. The number of hydrogen-bond acceptors (Lipinski definition) is 2. The molecule has 0 amide bonds. The van der Waals surface area contributed by atoms with Gasteiger partial charge in [0.15, 0.2) is 0 Å². The average Bonchev–Trinajstić information content (AvgIpc) is 1.83. The minimum absolute atomic E-state index is 0.462. The Morgan fingerprint density at radius 2 is 2.44 bits per heavy atom. The van der Waals surface area contributed by atoms with E-state index >= 15 is 0 Å². The van der Waals surface area contributed by atoms with Crippen LogP contribution in [0.4, 0.5) is 0 Å². The molecule has 0 aliphatic carbocycles. The molecule has 1 aliphatic rings. The van der Waals surface area contributed by atoms with E-state index in [-0.39, 0.29) is 0 Å². The summed E-state index contributed by atoms with van der Waals surface area (Å²) in [4.78, 5) is 2.20. The van der Waals surface area contributed by atoms with Gasteiger partial charge in [0.2, 0.25) is 0 Å². The second-order valence-electron chi connectivity index (χ2n) is 2.59. The average molecular weight is 126 g/mol. The van der Waals surface area contributed by atoms with E-state index in [0.717, 1.165) is 13.1 Å². The molecular formula is C7H14N2. The molecule has 52 valence electrons. The molecular weight excluding hydrogens is 112 g/mol. The smallest absolute Gasteiger partial charge is 0.0437 e. The lowest BCUT2D eigenvalue weighted by atomic mass is 10.2. The third-order valence-electron chi connectivity index (χ3n) is 1.89. The van der Waals surface area contributed by atoms with E-state index in [1.807, 2.05) is 0 Å². The summed E-state index contributed by atoms with van der Waals surface area (Å²) in [5.41, 5.74) is 1.20. The number of hydrogen-bond donors (Lipinski definition) is 1. The molecule has 1 heterocycles. The minimum Gasteiger partial charge on any atom is -0.376 e. The maximum absolute atomic E-state index is 3.94. The Bertz CT molecular complexity index is 108. The molecule has 0 aromatic heterocycles. The number of likely N-dealkylation sites (N-methyl/N-ethyl adjacent to an activating group) is 1. The molecule has 0 radical (unpaired) electrons. The topological polar surface area (TPSA) is 15.3 Å². The van der Waals surface area contributed by atoms with Crippen molar-refractivity contribution in [3.8, 4) is 0 Å². The van der Waals surface area contributed by atoms with Crippen LogP contribution >= 0.6 is 0 Å². The minimum atomic E-state index is 0.462. The van der Waals surface area contributed by atoms with Crippen LogP contribution in [-0.2, 0) is 0 Å². The molecule has 1 saturated heterocycles. The molecule has 1 rings (SSSR count). The quantitative estimate of drug-likeness (QED) is 0.506. The normalized spacial score (nSPS) is 28.9. The maximum Gasteiger partial charge on any atom is 0.0437 e. The highest BCUT2D eigenvalue weighted by Gasteiger charge is 2.14. The van der Waals surface area contributed by atoms with E-state index < -0.39 is 0 Å². The predicted octanol–water partition coefficient (Wildman–Crippen LogP) is 0.424. The lowest BCUT2D eigenvalue weighted by Crippen LogP contribution is -2.45. The molecule has 0 saturated carbocycles. The van der Waals surface area contributed by atoms with Crippen LogP contribution in [0.2, 0.25) is 0 Å². The summed E-state index contributed by atoms with van der Waals surface area (Å²) >= 11 is 0.